The van der Waals surface area contributed by atoms with E-state index in [-0.39, 0.29) is 0 Å². The summed E-state index contributed by atoms with van der Waals surface area (Å²) in [6.45, 7) is 1.20. The Morgan fingerprint density at radius 1 is 1.11 bits per heavy atom. The first-order chi connectivity index (χ1) is 9.38. The van der Waals surface area contributed by atoms with E-state index in [0.717, 1.165) is 17.9 Å². The van der Waals surface area contributed by atoms with Crippen molar-refractivity contribution >= 4 is 11.8 Å². The fourth-order valence-electron chi connectivity index (χ4n) is 3.97. The Morgan fingerprint density at radius 3 is 2.32 bits per heavy atom. The highest BCUT2D eigenvalue weighted by atomic mass is 32.2. The minimum atomic E-state index is 0.772. The van der Waals surface area contributed by atoms with Gasteiger partial charge in [0.25, 0.3) is 0 Å². The molecular formula is C17H25NS. The van der Waals surface area contributed by atoms with Crippen LogP contribution < -0.4 is 5.32 Å². The van der Waals surface area contributed by atoms with Crippen molar-refractivity contribution in [2.75, 3.05) is 18.6 Å². The van der Waals surface area contributed by atoms with Gasteiger partial charge < -0.3 is 5.32 Å². The fourth-order valence-corrected chi connectivity index (χ4v) is 4.40. The van der Waals surface area contributed by atoms with Gasteiger partial charge in [0.1, 0.15) is 0 Å². The average molecular weight is 275 g/mol. The van der Waals surface area contributed by atoms with Crippen LogP contribution in [0, 0.1) is 11.8 Å². The molecule has 3 rings (SSSR count). The van der Waals surface area contributed by atoms with Crippen molar-refractivity contribution in [3.63, 3.8) is 0 Å². The zero-order valence-electron chi connectivity index (χ0n) is 11.9. The van der Waals surface area contributed by atoms with Crippen LogP contribution >= 0.6 is 11.8 Å². The second-order valence-electron chi connectivity index (χ2n) is 6.10. The SMILES string of the molecule is CSCCCNC1C2CCC1Cc1ccccc1C2. The number of thioether (sulfide) groups is 1. The number of hydrogen-bond donors (Lipinski definition) is 1. The number of benzene rings is 1. The van der Waals surface area contributed by atoms with Gasteiger partial charge in [-0.25, -0.2) is 0 Å². The quantitative estimate of drug-likeness (QED) is 0.825. The second-order valence-corrected chi connectivity index (χ2v) is 7.09. The highest BCUT2D eigenvalue weighted by Crippen LogP contribution is 2.39. The van der Waals surface area contributed by atoms with Crippen molar-refractivity contribution in [1.29, 1.82) is 0 Å². The summed E-state index contributed by atoms with van der Waals surface area (Å²) in [7, 11) is 0. The number of hydrogen-bond acceptors (Lipinski definition) is 2. The topological polar surface area (TPSA) is 12.0 Å². The van der Waals surface area contributed by atoms with E-state index >= 15 is 0 Å². The predicted octanol–water partition coefficient (Wildman–Crippen LogP) is 3.52. The molecule has 19 heavy (non-hydrogen) atoms. The first-order valence-corrected chi connectivity index (χ1v) is 9.07. The molecule has 0 radical (unpaired) electrons. The summed E-state index contributed by atoms with van der Waals surface area (Å²) in [5.41, 5.74) is 3.23. The van der Waals surface area contributed by atoms with Crippen LogP contribution in [0.15, 0.2) is 24.3 Å². The van der Waals surface area contributed by atoms with Gasteiger partial charge in [-0.15, -0.1) is 0 Å². The first kappa shape index (κ1) is 13.5. The number of rotatable bonds is 5. The third-order valence-electron chi connectivity index (χ3n) is 4.91. The lowest BCUT2D eigenvalue weighted by molar-refractivity contribution is 0.343. The summed E-state index contributed by atoms with van der Waals surface area (Å²) in [6.07, 6.45) is 8.97. The van der Waals surface area contributed by atoms with E-state index in [4.69, 9.17) is 0 Å². The molecule has 0 heterocycles. The van der Waals surface area contributed by atoms with Gasteiger partial charge in [-0.2, -0.15) is 11.8 Å². The molecule has 0 spiro atoms. The Hall–Kier alpha value is -0.470. The van der Waals surface area contributed by atoms with E-state index in [0.29, 0.717) is 0 Å². The largest absolute Gasteiger partial charge is 0.313 e. The molecule has 104 valence electrons. The van der Waals surface area contributed by atoms with E-state index in [2.05, 4.69) is 35.8 Å². The maximum atomic E-state index is 3.88. The van der Waals surface area contributed by atoms with E-state index in [1.54, 1.807) is 11.1 Å². The molecule has 1 nitrogen and oxygen atoms in total. The summed E-state index contributed by atoms with van der Waals surface area (Å²) in [6, 6.07) is 9.88. The monoisotopic (exact) mass is 275 g/mol. The first-order valence-electron chi connectivity index (χ1n) is 7.67. The Morgan fingerprint density at radius 2 is 1.74 bits per heavy atom. The van der Waals surface area contributed by atoms with Gasteiger partial charge in [0, 0.05) is 6.04 Å². The van der Waals surface area contributed by atoms with E-state index in [9.17, 15) is 0 Å². The second kappa shape index (κ2) is 6.32. The molecule has 2 heteroatoms. The van der Waals surface area contributed by atoms with Crippen molar-refractivity contribution in [2.45, 2.75) is 38.1 Å². The third-order valence-corrected chi connectivity index (χ3v) is 5.61. The molecule has 2 aliphatic carbocycles. The Labute approximate surface area is 121 Å². The molecule has 2 bridgehead atoms. The van der Waals surface area contributed by atoms with Crippen LogP contribution in [-0.4, -0.2) is 24.6 Å². The van der Waals surface area contributed by atoms with Crippen LogP contribution in [-0.2, 0) is 12.8 Å². The van der Waals surface area contributed by atoms with E-state index in [1.807, 2.05) is 11.8 Å². The van der Waals surface area contributed by atoms with Gasteiger partial charge >= 0.3 is 0 Å². The van der Waals surface area contributed by atoms with Crippen LogP contribution in [0.25, 0.3) is 0 Å². The Bertz CT molecular complexity index is 384. The lowest BCUT2D eigenvalue weighted by Crippen LogP contribution is -2.38. The normalized spacial score (nSPS) is 29.0. The molecule has 1 aromatic rings. The predicted molar refractivity (Wildman–Crippen MR) is 84.9 cm³/mol. The molecule has 2 atom stereocenters. The molecule has 1 N–H and O–H groups in total. The lowest BCUT2D eigenvalue weighted by Gasteiger charge is -2.23. The Balaban J connectivity index is 1.66. The summed E-state index contributed by atoms with van der Waals surface area (Å²) in [4.78, 5) is 0. The summed E-state index contributed by atoms with van der Waals surface area (Å²) in [5.74, 6) is 3.04. The zero-order chi connectivity index (χ0) is 13.1. The molecule has 0 aromatic heterocycles. The molecule has 1 fully saturated rings. The van der Waals surface area contributed by atoms with E-state index < -0.39 is 0 Å². The van der Waals surface area contributed by atoms with Crippen molar-refractivity contribution in [3.8, 4) is 0 Å². The van der Waals surface area contributed by atoms with Crippen LogP contribution in [0.4, 0.5) is 0 Å². The Kier molecular flexibility index (Phi) is 4.49. The van der Waals surface area contributed by atoms with E-state index in [1.165, 1.54) is 44.4 Å². The van der Waals surface area contributed by atoms with Crippen molar-refractivity contribution in [3.05, 3.63) is 35.4 Å². The standard InChI is InChI=1S/C17H25NS/c1-19-10-4-9-18-17-15-7-8-16(17)12-14-6-3-2-5-13(14)11-15/h2-3,5-6,15-18H,4,7-12H2,1H3. The van der Waals surface area contributed by atoms with Crippen molar-refractivity contribution < 1.29 is 0 Å². The number of nitrogens with one attached hydrogen (secondary N) is 1. The lowest BCUT2D eigenvalue weighted by atomic mass is 9.94. The molecular weight excluding hydrogens is 250 g/mol. The smallest absolute Gasteiger partial charge is 0.0130 e. The molecule has 0 aliphatic heterocycles. The van der Waals surface area contributed by atoms with Gasteiger partial charge in [-0.1, -0.05) is 24.3 Å². The minimum Gasteiger partial charge on any atom is -0.313 e. The van der Waals surface area contributed by atoms with Crippen molar-refractivity contribution in [1.82, 2.24) is 5.32 Å². The molecule has 2 unspecified atom stereocenters. The van der Waals surface area contributed by atoms with Crippen molar-refractivity contribution in [2.24, 2.45) is 11.8 Å². The molecule has 0 amide bonds. The molecule has 1 saturated carbocycles. The highest BCUT2D eigenvalue weighted by molar-refractivity contribution is 7.98. The fraction of sp³-hybridized carbons (Fsp3) is 0.647. The summed E-state index contributed by atoms with van der Waals surface area (Å²) >= 11 is 1.96. The average Bonchev–Trinajstić information content (AvgIpc) is 2.70. The van der Waals surface area contributed by atoms with Gasteiger partial charge in [0.05, 0.1) is 0 Å². The molecule has 1 aromatic carbocycles. The minimum absolute atomic E-state index is 0.772. The van der Waals surface area contributed by atoms with Gasteiger partial charge in [0.15, 0.2) is 0 Å². The summed E-state index contributed by atoms with van der Waals surface area (Å²) in [5, 5.41) is 3.88. The van der Waals surface area contributed by atoms with Crippen LogP contribution in [0.1, 0.15) is 30.4 Å². The van der Waals surface area contributed by atoms with Gasteiger partial charge in [0.2, 0.25) is 0 Å². The van der Waals surface area contributed by atoms with Crippen LogP contribution in [0.3, 0.4) is 0 Å². The maximum Gasteiger partial charge on any atom is 0.0130 e. The molecule has 2 aliphatic rings. The van der Waals surface area contributed by atoms with Gasteiger partial charge in [-0.3, -0.25) is 0 Å². The van der Waals surface area contributed by atoms with Crippen LogP contribution in [0.2, 0.25) is 0 Å². The highest BCUT2D eigenvalue weighted by Gasteiger charge is 2.38. The maximum absolute atomic E-state index is 3.88. The third kappa shape index (κ3) is 3.00. The summed E-state index contributed by atoms with van der Waals surface area (Å²) < 4.78 is 0. The zero-order valence-corrected chi connectivity index (χ0v) is 12.7. The number of fused-ring (bicyclic) bond motifs is 3. The van der Waals surface area contributed by atoms with Crippen LogP contribution in [0.5, 0.6) is 0 Å². The van der Waals surface area contributed by atoms with Gasteiger partial charge in [-0.05, 0) is 73.6 Å². The molecule has 0 saturated heterocycles.